The lowest BCUT2D eigenvalue weighted by atomic mass is 10.1. The Balaban J connectivity index is 2.73. The second-order valence-electron chi connectivity index (χ2n) is 4.59. The predicted molar refractivity (Wildman–Crippen MR) is 76.4 cm³/mol. The molecule has 0 saturated carbocycles. The van der Waals surface area contributed by atoms with Crippen LogP contribution in [0.25, 0.3) is 0 Å². The smallest absolute Gasteiger partial charge is 0.234 e. The highest BCUT2D eigenvalue weighted by molar-refractivity contribution is 5.77. The molecular formula is C14H23N3O2. The number of methoxy groups -OCH3 is 1. The van der Waals surface area contributed by atoms with Crippen molar-refractivity contribution in [3.63, 3.8) is 0 Å². The zero-order valence-corrected chi connectivity index (χ0v) is 12.1. The molecule has 5 heteroatoms. The normalized spacial score (nSPS) is 12.3. The van der Waals surface area contributed by atoms with E-state index in [4.69, 9.17) is 4.74 Å². The molecule has 1 atom stereocenters. The van der Waals surface area contributed by atoms with Crippen LogP contribution in [0.5, 0.6) is 5.75 Å². The molecule has 1 aromatic rings. The first-order chi connectivity index (χ1) is 9.08. The lowest BCUT2D eigenvalue weighted by Crippen LogP contribution is -2.38. The van der Waals surface area contributed by atoms with E-state index in [1.165, 1.54) is 0 Å². The minimum Gasteiger partial charge on any atom is -0.497 e. The van der Waals surface area contributed by atoms with E-state index in [0.717, 1.165) is 11.3 Å². The van der Waals surface area contributed by atoms with Crippen LogP contribution in [0.15, 0.2) is 24.3 Å². The Hall–Kier alpha value is -1.59. The van der Waals surface area contributed by atoms with Crippen molar-refractivity contribution in [3.05, 3.63) is 29.8 Å². The third-order valence-electron chi connectivity index (χ3n) is 2.93. The summed E-state index contributed by atoms with van der Waals surface area (Å²) in [6.07, 6.45) is 0. The van der Waals surface area contributed by atoms with Crippen LogP contribution < -0.4 is 15.4 Å². The van der Waals surface area contributed by atoms with Crippen LogP contribution in [-0.4, -0.2) is 52.1 Å². The maximum atomic E-state index is 11.5. The van der Waals surface area contributed by atoms with E-state index >= 15 is 0 Å². The monoisotopic (exact) mass is 265 g/mol. The van der Waals surface area contributed by atoms with Crippen molar-refractivity contribution in [2.75, 3.05) is 41.3 Å². The van der Waals surface area contributed by atoms with E-state index in [2.05, 4.69) is 15.5 Å². The summed E-state index contributed by atoms with van der Waals surface area (Å²) in [5.74, 6) is 0.822. The van der Waals surface area contributed by atoms with E-state index in [-0.39, 0.29) is 11.9 Å². The molecule has 0 saturated heterocycles. The maximum Gasteiger partial charge on any atom is 0.234 e. The SMILES string of the molecule is CNCC(=O)NCC(c1cccc(OC)c1)N(C)C. The zero-order chi connectivity index (χ0) is 14.3. The number of carbonyl (C=O) groups is 1. The summed E-state index contributed by atoms with van der Waals surface area (Å²) in [6.45, 7) is 0.902. The Morgan fingerprint density at radius 3 is 2.74 bits per heavy atom. The highest BCUT2D eigenvalue weighted by Gasteiger charge is 2.15. The molecule has 1 unspecified atom stereocenters. The van der Waals surface area contributed by atoms with Gasteiger partial charge in [0.2, 0.25) is 5.91 Å². The molecule has 1 aromatic carbocycles. The Labute approximate surface area is 114 Å². The number of nitrogens with one attached hydrogen (secondary N) is 2. The molecule has 0 aliphatic heterocycles. The van der Waals surface area contributed by atoms with Crippen LogP contribution in [0.4, 0.5) is 0 Å². The van der Waals surface area contributed by atoms with Crippen LogP contribution in [-0.2, 0) is 4.79 Å². The molecule has 0 aromatic heterocycles. The van der Waals surface area contributed by atoms with Gasteiger partial charge in [0.15, 0.2) is 0 Å². The fourth-order valence-electron chi connectivity index (χ4n) is 1.88. The van der Waals surface area contributed by atoms with Crippen molar-refractivity contribution in [1.29, 1.82) is 0 Å². The molecule has 106 valence electrons. The molecule has 0 radical (unpaired) electrons. The van der Waals surface area contributed by atoms with Crippen molar-refractivity contribution in [2.24, 2.45) is 0 Å². The summed E-state index contributed by atoms with van der Waals surface area (Å²) in [7, 11) is 7.40. The summed E-state index contributed by atoms with van der Waals surface area (Å²) in [4.78, 5) is 13.6. The average molecular weight is 265 g/mol. The molecule has 19 heavy (non-hydrogen) atoms. The Morgan fingerprint density at radius 2 is 2.16 bits per heavy atom. The molecule has 0 heterocycles. The van der Waals surface area contributed by atoms with Crippen LogP contribution in [0, 0.1) is 0 Å². The standard InChI is InChI=1S/C14H23N3O2/c1-15-10-14(18)16-9-13(17(2)3)11-6-5-7-12(8-11)19-4/h5-8,13,15H,9-10H2,1-4H3,(H,16,18). The molecular weight excluding hydrogens is 242 g/mol. The van der Waals surface area contributed by atoms with E-state index in [0.29, 0.717) is 13.1 Å². The number of ether oxygens (including phenoxy) is 1. The third-order valence-corrected chi connectivity index (χ3v) is 2.93. The second kappa shape index (κ2) is 7.76. The number of rotatable bonds is 7. The van der Waals surface area contributed by atoms with Gasteiger partial charge in [-0.15, -0.1) is 0 Å². The quantitative estimate of drug-likeness (QED) is 0.759. The molecule has 1 amide bonds. The number of hydrogen-bond donors (Lipinski definition) is 2. The van der Waals surface area contributed by atoms with Crippen LogP contribution in [0.2, 0.25) is 0 Å². The first-order valence-electron chi connectivity index (χ1n) is 6.30. The van der Waals surface area contributed by atoms with Gasteiger partial charge in [-0.1, -0.05) is 12.1 Å². The second-order valence-corrected chi connectivity index (χ2v) is 4.59. The van der Waals surface area contributed by atoms with Crippen LogP contribution in [0.3, 0.4) is 0 Å². The van der Waals surface area contributed by atoms with Gasteiger partial charge in [0.25, 0.3) is 0 Å². The van der Waals surface area contributed by atoms with Gasteiger partial charge in [0, 0.05) is 6.54 Å². The first-order valence-corrected chi connectivity index (χ1v) is 6.30. The van der Waals surface area contributed by atoms with Gasteiger partial charge in [0.05, 0.1) is 19.7 Å². The lowest BCUT2D eigenvalue weighted by Gasteiger charge is -2.25. The minimum atomic E-state index is -0.00255. The van der Waals surface area contributed by atoms with Gasteiger partial charge in [-0.2, -0.15) is 0 Å². The number of amides is 1. The van der Waals surface area contributed by atoms with Crippen LogP contribution in [0.1, 0.15) is 11.6 Å². The first kappa shape index (κ1) is 15.5. The third kappa shape index (κ3) is 4.89. The van der Waals surface area contributed by atoms with Gasteiger partial charge in [-0.25, -0.2) is 0 Å². The molecule has 0 bridgehead atoms. The average Bonchev–Trinajstić information content (AvgIpc) is 2.39. The summed E-state index contributed by atoms with van der Waals surface area (Å²) in [5.41, 5.74) is 1.12. The highest BCUT2D eigenvalue weighted by Crippen LogP contribution is 2.21. The van der Waals surface area contributed by atoms with E-state index < -0.39 is 0 Å². The minimum absolute atomic E-state index is 0.00255. The topological polar surface area (TPSA) is 53.6 Å². The summed E-state index contributed by atoms with van der Waals surface area (Å²) >= 11 is 0. The molecule has 5 nitrogen and oxygen atoms in total. The predicted octanol–water partition coefficient (Wildman–Crippen LogP) is 0.634. The van der Waals surface area contributed by atoms with Crippen molar-refractivity contribution in [1.82, 2.24) is 15.5 Å². The highest BCUT2D eigenvalue weighted by atomic mass is 16.5. The molecule has 1 rings (SSSR count). The van der Waals surface area contributed by atoms with E-state index in [1.807, 2.05) is 38.4 Å². The number of hydrogen-bond acceptors (Lipinski definition) is 4. The molecule has 0 aliphatic rings. The lowest BCUT2D eigenvalue weighted by molar-refractivity contribution is -0.120. The van der Waals surface area contributed by atoms with Crippen molar-refractivity contribution >= 4 is 5.91 Å². The Morgan fingerprint density at radius 1 is 1.42 bits per heavy atom. The van der Waals surface area contributed by atoms with E-state index in [1.54, 1.807) is 14.2 Å². The van der Waals surface area contributed by atoms with Gasteiger partial charge in [-0.3, -0.25) is 4.79 Å². The fraction of sp³-hybridized carbons (Fsp3) is 0.500. The molecule has 0 spiro atoms. The van der Waals surface area contributed by atoms with Gasteiger partial charge in [-0.05, 0) is 38.8 Å². The number of likely N-dealkylation sites (N-methyl/N-ethyl adjacent to an activating group) is 2. The Bertz CT molecular complexity index is 407. The molecule has 0 aliphatic carbocycles. The van der Waals surface area contributed by atoms with Gasteiger partial charge >= 0.3 is 0 Å². The van der Waals surface area contributed by atoms with Gasteiger partial charge < -0.3 is 20.3 Å². The Kier molecular flexibility index (Phi) is 6.32. The number of benzene rings is 1. The fourth-order valence-corrected chi connectivity index (χ4v) is 1.88. The summed E-state index contributed by atoms with van der Waals surface area (Å²) in [6, 6.07) is 8.03. The molecule has 0 fully saturated rings. The largest absolute Gasteiger partial charge is 0.497 e. The molecule has 2 N–H and O–H groups in total. The van der Waals surface area contributed by atoms with E-state index in [9.17, 15) is 4.79 Å². The summed E-state index contributed by atoms with van der Waals surface area (Å²) < 4.78 is 5.23. The number of nitrogens with zero attached hydrogens (tertiary/aromatic N) is 1. The summed E-state index contributed by atoms with van der Waals surface area (Å²) in [5, 5.41) is 5.75. The van der Waals surface area contributed by atoms with Crippen LogP contribution >= 0.6 is 0 Å². The van der Waals surface area contributed by atoms with Gasteiger partial charge in [0.1, 0.15) is 5.75 Å². The van der Waals surface area contributed by atoms with Crippen molar-refractivity contribution in [3.8, 4) is 5.75 Å². The van der Waals surface area contributed by atoms with Crippen molar-refractivity contribution in [2.45, 2.75) is 6.04 Å². The maximum absolute atomic E-state index is 11.5. The number of carbonyl (C=O) groups excluding carboxylic acids is 1. The van der Waals surface area contributed by atoms with Crippen molar-refractivity contribution < 1.29 is 9.53 Å². The zero-order valence-electron chi connectivity index (χ0n) is 12.1.